The molecule has 0 aromatic carbocycles. The first-order valence-electron chi connectivity index (χ1n) is 4.76. The van der Waals surface area contributed by atoms with Gasteiger partial charge in [-0.05, 0) is 12.8 Å². The van der Waals surface area contributed by atoms with Crippen molar-refractivity contribution in [2.45, 2.75) is 18.9 Å². The molecular formula is C9H14N2O2. The summed E-state index contributed by atoms with van der Waals surface area (Å²) in [5, 5.41) is 0. The lowest BCUT2D eigenvalue weighted by Gasteiger charge is -2.33. The number of amides is 1. The van der Waals surface area contributed by atoms with Crippen LogP contribution in [0.15, 0.2) is 0 Å². The second kappa shape index (κ2) is 3.46. The van der Waals surface area contributed by atoms with E-state index in [0.717, 1.165) is 19.4 Å². The Balaban J connectivity index is 1.87. The number of hydrogen-bond acceptors (Lipinski definition) is 3. The Morgan fingerprint density at radius 2 is 2.15 bits per heavy atom. The van der Waals surface area contributed by atoms with Crippen molar-refractivity contribution < 1.29 is 9.59 Å². The van der Waals surface area contributed by atoms with Crippen molar-refractivity contribution in [3.8, 4) is 0 Å². The number of carbonyl (C=O) groups excluding carboxylic acids is 2. The highest BCUT2D eigenvalue weighted by molar-refractivity contribution is 5.80. The summed E-state index contributed by atoms with van der Waals surface area (Å²) in [6.07, 6.45) is 3.19. The summed E-state index contributed by atoms with van der Waals surface area (Å²) in [5.41, 5.74) is 0. The van der Waals surface area contributed by atoms with Crippen molar-refractivity contribution in [2.24, 2.45) is 0 Å². The Kier molecular flexibility index (Phi) is 2.31. The highest BCUT2D eigenvalue weighted by Crippen LogP contribution is 2.27. The highest BCUT2D eigenvalue weighted by atomic mass is 16.2. The van der Waals surface area contributed by atoms with Crippen LogP contribution in [0.1, 0.15) is 12.8 Å². The highest BCUT2D eigenvalue weighted by Gasteiger charge is 2.35. The Labute approximate surface area is 77.5 Å². The summed E-state index contributed by atoms with van der Waals surface area (Å²) in [6.45, 7) is 2.47. The van der Waals surface area contributed by atoms with Crippen LogP contribution in [-0.4, -0.2) is 54.2 Å². The minimum Gasteiger partial charge on any atom is -0.337 e. The first-order chi connectivity index (χ1) is 6.31. The van der Waals surface area contributed by atoms with Crippen LogP contribution >= 0.6 is 0 Å². The van der Waals surface area contributed by atoms with Gasteiger partial charge in [0, 0.05) is 19.1 Å². The first kappa shape index (κ1) is 8.69. The first-order valence-corrected chi connectivity index (χ1v) is 4.76. The molecule has 1 amide bonds. The Morgan fingerprint density at radius 3 is 2.69 bits per heavy atom. The van der Waals surface area contributed by atoms with Crippen LogP contribution < -0.4 is 0 Å². The molecule has 2 fully saturated rings. The lowest BCUT2D eigenvalue weighted by molar-refractivity contribution is -0.136. The lowest BCUT2D eigenvalue weighted by atomic mass is 10.3. The number of piperazine rings is 1. The van der Waals surface area contributed by atoms with Gasteiger partial charge in [0.25, 0.3) is 0 Å². The molecule has 0 atom stereocenters. The van der Waals surface area contributed by atoms with E-state index in [9.17, 15) is 9.59 Å². The topological polar surface area (TPSA) is 40.6 Å². The van der Waals surface area contributed by atoms with Crippen molar-refractivity contribution in [1.82, 2.24) is 9.80 Å². The second-order valence-electron chi connectivity index (χ2n) is 3.72. The molecule has 13 heavy (non-hydrogen) atoms. The minimum atomic E-state index is 0.190. The molecule has 1 heterocycles. The molecule has 1 saturated carbocycles. The van der Waals surface area contributed by atoms with Gasteiger partial charge in [0.1, 0.15) is 6.29 Å². The summed E-state index contributed by atoms with van der Waals surface area (Å²) in [5.74, 6) is 0.190. The van der Waals surface area contributed by atoms with Crippen molar-refractivity contribution in [3.63, 3.8) is 0 Å². The third-order valence-electron chi connectivity index (χ3n) is 2.66. The molecule has 1 saturated heterocycles. The molecule has 0 aromatic heterocycles. The molecule has 0 N–H and O–H groups in total. The fraction of sp³-hybridized carbons (Fsp3) is 0.778. The van der Waals surface area contributed by atoms with Crippen LogP contribution in [0.25, 0.3) is 0 Å². The number of nitrogens with zero attached hydrogens (tertiary/aromatic N) is 2. The number of rotatable bonds is 3. The van der Waals surface area contributed by atoms with E-state index in [1.54, 1.807) is 0 Å². The maximum atomic E-state index is 11.5. The number of carbonyl (C=O) groups is 2. The minimum absolute atomic E-state index is 0.190. The van der Waals surface area contributed by atoms with Crippen molar-refractivity contribution in [2.75, 3.05) is 26.2 Å². The van der Waals surface area contributed by atoms with E-state index in [2.05, 4.69) is 0 Å². The summed E-state index contributed by atoms with van der Waals surface area (Å²) in [4.78, 5) is 25.6. The molecule has 4 nitrogen and oxygen atoms in total. The van der Waals surface area contributed by atoms with Gasteiger partial charge >= 0.3 is 0 Å². The van der Waals surface area contributed by atoms with E-state index in [0.29, 0.717) is 19.1 Å². The maximum Gasteiger partial charge on any atom is 0.237 e. The number of aldehydes is 1. The lowest BCUT2D eigenvalue weighted by Crippen LogP contribution is -2.51. The molecule has 2 aliphatic rings. The van der Waals surface area contributed by atoms with E-state index in [4.69, 9.17) is 0 Å². The third-order valence-corrected chi connectivity index (χ3v) is 2.66. The Hall–Kier alpha value is -0.900. The SMILES string of the molecule is O=CCN1CCN(C2CC2)C(=O)C1. The molecular weight excluding hydrogens is 168 g/mol. The summed E-state index contributed by atoms with van der Waals surface area (Å²) in [6, 6.07) is 0.519. The standard InChI is InChI=1S/C9H14N2O2/c12-6-5-10-3-4-11(8-1-2-8)9(13)7-10/h6,8H,1-5,7H2. The molecule has 0 bridgehead atoms. The molecule has 2 rings (SSSR count). The largest absolute Gasteiger partial charge is 0.337 e. The van der Waals surface area contributed by atoms with E-state index in [-0.39, 0.29) is 5.91 Å². The van der Waals surface area contributed by atoms with Crippen LogP contribution in [-0.2, 0) is 9.59 Å². The van der Waals surface area contributed by atoms with E-state index >= 15 is 0 Å². The monoisotopic (exact) mass is 182 g/mol. The average molecular weight is 182 g/mol. The molecule has 4 heteroatoms. The zero-order valence-electron chi connectivity index (χ0n) is 7.61. The van der Waals surface area contributed by atoms with Gasteiger partial charge in [0.05, 0.1) is 13.1 Å². The van der Waals surface area contributed by atoms with Gasteiger partial charge < -0.3 is 9.69 Å². The predicted octanol–water partition coefficient (Wildman–Crippen LogP) is -0.508. The zero-order valence-corrected chi connectivity index (χ0v) is 7.61. The van der Waals surface area contributed by atoms with E-state index in [1.165, 1.54) is 12.8 Å². The quantitative estimate of drug-likeness (QED) is 0.552. The molecule has 0 unspecified atom stereocenters. The van der Waals surface area contributed by atoms with Crippen LogP contribution in [0.3, 0.4) is 0 Å². The molecule has 1 aliphatic heterocycles. The van der Waals surface area contributed by atoms with Crippen molar-refractivity contribution >= 4 is 12.2 Å². The normalized spacial score (nSPS) is 24.9. The Morgan fingerprint density at radius 1 is 1.38 bits per heavy atom. The fourth-order valence-corrected chi connectivity index (χ4v) is 1.77. The molecule has 1 aliphatic carbocycles. The van der Waals surface area contributed by atoms with Gasteiger partial charge in [-0.15, -0.1) is 0 Å². The predicted molar refractivity (Wildman–Crippen MR) is 47.2 cm³/mol. The molecule has 0 aromatic rings. The fourth-order valence-electron chi connectivity index (χ4n) is 1.77. The maximum absolute atomic E-state index is 11.5. The van der Waals surface area contributed by atoms with Crippen LogP contribution in [0.2, 0.25) is 0 Å². The zero-order chi connectivity index (χ0) is 9.26. The number of hydrogen-bond donors (Lipinski definition) is 0. The average Bonchev–Trinajstić information content (AvgIpc) is 2.88. The summed E-state index contributed by atoms with van der Waals surface area (Å²) < 4.78 is 0. The Bertz CT molecular complexity index is 226. The van der Waals surface area contributed by atoms with Gasteiger partial charge in [0.2, 0.25) is 5.91 Å². The van der Waals surface area contributed by atoms with Crippen LogP contribution in [0.5, 0.6) is 0 Å². The van der Waals surface area contributed by atoms with Gasteiger partial charge in [-0.3, -0.25) is 9.69 Å². The molecule has 0 radical (unpaired) electrons. The molecule has 72 valence electrons. The van der Waals surface area contributed by atoms with Crippen molar-refractivity contribution in [1.29, 1.82) is 0 Å². The van der Waals surface area contributed by atoms with Gasteiger partial charge in [-0.25, -0.2) is 0 Å². The summed E-state index contributed by atoms with van der Waals surface area (Å²) >= 11 is 0. The smallest absolute Gasteiger partial charge is 0.237 e. The van der Waals surface area contributed by atoms with Crippen LogP contribution in [0.4, 0.5) is 0 Å². The second-order valence-corrected chi connectivity index (χ2v) is 3.72. The van der Waals surface area contributed by atoms with E-state index in [1.807, 2.05) is 9.80 Å². The molecule has 0 spiro atoms. The van der Waals surface area contributed by atoms with E-state index < -0.39 is 0 Å². The van der Waals surface area contributed by atoms with Crippen molar-refractivity contribution in [3.05, 3.63) is 0 Å². The van der Waals surface area contributed by atoms with Gasteiger partial charge in [-0.2, -0.15) is 0 Å². The third kappa shape index (κ3) is 1.88. The van der Waals surface area contributed by atoms with Gasteiger partial charge in [0.15, 0.2) is 0 Å². The summed E-state index contributed by atoms with van der Waals surface area (Å²) in [7, 11) is 0. The van der Waals surface area contributed by atoms with Gasteiger partial charge in [-0.1, -0.05) is 0 Å². The van der Waals surface area contributed by atoms with Crippen LogP contribution in [0, 0.1) is 0 Å².